The third-order valence-electron chi connectivity index (χ3n) is 3.70. The van der Waals surface area contributed by atoms with Crippen LogP contribution in [0.25, 0.3) is 0 Å². The van der Waals surface area contributed by atoms with Gasteiger partial charge in [0, 0.05) is 30.7 Å². The molecule has 8 heteroatoms. The summed E-state index contributed by atoms with van der Waals surface area (Å²) in [6.07, 6.45) is 2.69. The maximum atomic E-state index is 13.2. The van der Waals surface area contributed by atoms with E-state index in [1.54, 1.807) is 7.11 Å². The van der Waals surface area contributed by atoms with Crippen molar-refractivity contribution in [2.75, 3.05) is 17.7 Å². The predicted molar refractivity (Wildman–Crippen MR) is 96.7 cm³/mol. The van der Waals surface area contributed by atoms with Crippen LogP contribution in [0, 0.1) is 11.6 Å². The number of nitrogens with zero attached hydrogens (tertiary/aromatic N) is 2. The normalized spacial score (nSPS) is 10.3. The SMILES string of the molecule is COc1ccc(CNc2ncc(C(=O)Nc3ccc(F)c(F)c3)cn2)cc1. The van der Waals surface area contributed by atoms with Gasteiger partial charge in [-0.3, -0.25) is 4.79 Å². The Morgan fingerprint density at radius 3 is 2.37 bits per heavy atom. The summed E-state index contributed by atoms with van der Waals surface area (Å²) < 4.78 is 31.2. The number of amides is 1. The van der Waals surface area contributed by atoms with Crippen LogP contribution in [-0.2, 0) is 6.54 Å². The molecule has 0 aliphatic rings. The maximum absolute atomic E-state index is 13.2. The first-order valence-corrected chi connectivity index (χ1v) is 8.00. The number of nitrogens with one attached hydrogen (secondary N) is 2. The zero-order valence-electron chi connectivity index (χ0n) is 14.4. The van der Waals surface area contributed by atoms with E-state index in [1.807, 2.05) is 24.3 Å². The minimum Gasteiger partial charge on any atom is -0.497 e. The topological polar surface area (TPSA) is 76.1 Å². The van der Waals surface area contributed by atoms with Gasteiger partial charge in [-0.1, -0.05) is 12.1 Å². The van der Waals surface area contributed by atoms with Crippen molar-refractivity contribution in [3.8, 4) is 5.75 Å². The van der Waals surface area contributed by atoms with Crippen molar-refractivity contribution in [1.82, 2.24) is 9.97 Å². The van der Waals surface area contributed by atoms with E-state index in [1.165, 1.54) is 18.5 Å². The van der Waals surface area contributed by atoms with Crippen LogP contribution in [0.5, 0.6) is 5.75 Å². The molecule has 0 radical (unpaired) electrons. The van der Waals surface area contributed by atoms with Crippen LogP contribution in [0.15, 0.2) is 54.9 Å². The lowest BCUT2D eigenvalue weighted by Gasteiger charge is -2.07. The zero-order chi connectivity index (χ0) is 19.2. The lowest BCUT2D eigenvalue weighted by atomic mass is 10.2. The Kier molecular flexibility index (Phi) is 5.55. The van der Waals surface area contributed by atoms with Gasteiger partial charge in [0.25, 0.3) is 5.91 Å². The smallest absolute Gasteiger partial charge is 0.258 e. The summed E-state index contributed by atoms with van der Waals surface area (Å²) in [5, 5.41) is 5.50. The number of hydrogen-bond acceptors (Lipinski definition) is 5. The number of hydrogen-bond donors (Lipinski definition) is 2. The number of benzene rings is 2. The molecule has 1 amide bonds. The van der Waals surface area contributed by atoms with Gasteiger partial charge in [-0.25, -0.2) is 18.7 Å². The fourth-order valence-electron chi connectivity index (χ4n) is 2.24. The molecule has 2 aromatic carbocycles. The molecule has 0 unspecified atom stereocenters. The Morgan fingerprint density at radius 1 is 1.04 bits per heavy atom. The molecule has 0 aliphatic carbocycles. The van der Waals surface area contributed by atoms with Gasteiger partial charge in [0.15, 0.2) is 11.6 Å². The first-order chi connectivity index (χ1) is 13.0. The van der Waals surface area contributed by atoms with Gasteiger partial charge in [0.2, 0.25) is 5.95 Å². The highest BCUT2D eigenvalue weighted by Gasteiger charge is 2.10. The Morgan fingerprint density at radius 2 is 1.74 bits per heavy atom. The number of halogens is 2. The van der Waals surface area contributed by atoms with E-state index >= 15 is 0 Å². The van der Waals surface area contributed by atoms with Gasteiger partial charge >= 0.3 is 0 Å². The molecule has 138 valence electrons. The molecule has 0 bridgehead atoms. The average Bonchev–Trinajstić information content (AvgIpc) is 2.70. The summed E-state index contributed by atoms with van der Waals surface area (Å²) >= 11 is 0. The van der Waals surface area contributed by atoms with Crippen LogP contribution in [-0.4, -0.2) is 23.0 Å². The molecule has 3 aromatic rings. The number of rotatable bonds is 6. The maximum Gasteiger partial charge on any atom is 0.258 e. The van der Waals surface area contributed by atoms with Crippen LogP contribution in [0.3, 0.4) is 0 Å². The summed E-state index contributed by atoms with van der Waals surface area (Å²) in [5.74, 6) is -1.42. The van der Waals surface area contributed by atoms with Gasteiger partial charge in [-0.15, -0.1) is 0 Å². The molecular formula is C19H16F2N4O2. The minimum absolute atomic E-state index is 0.139. The Balaban J connectivity index is 1.58. The molecule has 1 heterocycles. The first-order valence-electron chi connectivity index (χ1n) is 8.00. The monoisotopic (exact) mass is 370 g/mol. The number of ether oxygens (including phenoxy) is 1. The number of carbonyl (C=O) groups excluding carboxylic acids is 1. The van der Waals surface area contributed by atoms with Crippen LogP contribution in [0.2, 0.25) is 0 Å². The van der Waals surface area contributed by atoms with Crippen LogP contribution >= 0.6 is 0 Å². The summed E-state index contributed by atoms with van der Waals surface area (Å²) in [5.41, 5.74) is 1.34. The highest BCUT2D eigenvalue weighted by atomic mass is 19.2. The zero-order valence-corrected chi connectivity index (χ0v) is 14.4. The van der Waals surface area contributed by atoms with E-state index in [4.69, 9.17) is 4.74 Å². The molecule has 27 heavy (non-hydrogen) atoms. The van der Waals surface area contributed by atoms with Crippen molar-refractivity contribution in [3.63, 3.8) is 0 Å². The lowest BCUT2D eigenvalue weighted by molar-refractivity contribution is 0.102. The van der Waals surface area contributed by atoms with Gasteiger partial charge in [-0.2, -0.15) is 0 Å². The van der Waals surface area contributed by atoms with Gasteiger partial charge in [0.05, 0.1) is 12.7 Å². The van der Waals surface area contributed by atoms with Gasteiger partial charge in [0.1, 0.15) is 5.75 Å². The Hall–Kier alpha value is -3.55. The van der Waals surface area contributed by atoms with Crippen LogP contribution < -0.4 is 15.4 Å². The lowest BCUT2D eigenvalue weighted by Crippen LogP contribution is -2.13. The van der Waals surface area contributed by atoms with E-state index in [2.05, 4.69) is 20.6 Å². The first kappa shape index (κ1) is 18.2. The second-order valence-electron chi connectivity index (χ2n) is 5.58. The van der Waals surface area contributed by atoms with Gasteiger partial charge < -0.3 is 15.4 Å². The number of aromatic nitrogens is 2. The fraction of sp³-hybridized carbons (Fsp3) is 0.105. The number of anilines is 2. The summed E-state index contributed by atoms with van der Waals surface area (Å²) in [7, 11) is 1.60. The molecule has 0 fully saturated rings. The van der Waals surface area contributed by atoms with Crippen LogP contribution in [0.1, 0.15) is 15.9 Å². The molecule has 0 saturated heterocycles. The Bertz CT molecular complexity index is 931. The quantitative estimate of drug-likeness (QED) is 0.693. The van der Waals surface area contributed by atoms with Crippen molar-refractivity contribution in [1.29, 1.82) is 0 Å². The van der Waals surface area contributed by atoms with E-state index < -0.39 is 17.5 Å². The van der Waals surface area contributed by atoms with Crippen molar-refractivity contribution in [2.24, 2.45) is 0 Å². The number of methoxy groups -OCH3 is 1. The molecule has 3 rings (SSSR count). The van der Waals surface area contributed by atoms with E-state index in [0.717, 1.165) is 23.4 Å². The average molecular weight is 370 g/mol. The minimum atomic E-state index is -1.04. The standard InChI is InChI=1S/C19H16F2N4O2/c1-27-15-5-2-12(3-6-15)9-22-19-23-10-13(11-24-19)18(26)25-14-4-7-16(20)17(21)8-14/h2-8,10-11H,9H2,1H3,(H,25,26)(H,22,23,24). The second-order valence-corrected chi connectivity index (χ2v) is 5.58. The second kappa shape index (κ2) is 8.22. The van der Waals surface area contributed by atoms with E-state index in [9.17, 15) is 13.6 Å². The molecule has 0 spiro atoms. The summed E-state index contributed by atoms with van der Waals surface area (Å²) in [6.45, 7) is 0.504. The summed E-state index contributed by atoms with van der Waals surface area (Å²) in [4.78, 5) is 20.3. The molecule has 2 N–H and O–H groups in total. The van der Waals surface area contributed by atoms with E-state index in [0.29, 0.717) is 12.5 Å². The van der Waals surface area contributed by atoms with Crippen molar-refractivity contribution < 1.29 is 18.3 Å². The van der Waals surface area contributed by atoms with E-state index in [-0.39, 0.29) is 11.3 Å². The third-order valence-corrected chi connectivity index (χ3v) is 3.70. The largest absolute Gasteiger partial charge is 0.497 e. The molecule has 0 atom stereocenters. The fourth-order valence-corrected chi connectivity index (χ4v) is 2.24. The molecule has 1 aromatic heterocycles. The highest BCUT2D eigenvalue weighted by molar-refractivity contribution is 6.03. The molecule has 0 saturated carbocycles. The van der Waals surface area contributed by atoms with Crippen LogP contribution in [0.4, 0.5) is 20.4 Å². The third kappa shape index (κ3) is 4.75. The van der Waals surface area contributed by atoms with Crippen molar-refractivity contribution >= 4 is 17.5 Å². The molecular weight excluding hydrogens is 354 g/mol. The molecule has 0 aliphatic heterocycles. The van der Waals surface area contributed by atoms with Crippen molar-refractivity contribution in [3.05, 3.63) is 77.6 Å². The number of carbonyl (C=O) groups is 1. The van der Waals surface area contributed by atoms with Gasteiger partial charge in [-0.05, 0) is 29.8 Å². The van der Waals surface area contributed by atoms with Crippen molar-refractivity contribution in [2.45, 2.75) is 6.54 Å². The highest BCUT2D eigenvalue weighted by Crippen LogP contribution is 2.15. The molecule has 6 nitrogen and oxygen atoms in total. The Labute approximate surface area is 154 Å². The predicted octanol–water partition coefficient (Wildman–Crippen LogP) is 3.63. The summed E-state index contributed by atoms with van der Waals surface area (Å²) in [6, 6.07) is 10.6.